The van der Waals surface area contributed by atoms with Crippen molar-refractivity contribution >= 4 is 45.6 Å². The SMILES string of the molecule is O=C(NNC(=O)c1ccc2ccccc2n1)c1ccc(NC(=O)c2cccs2)cc1. The summed E-state index contributed by atoms with van der Waals surface area (Å²) in [5, 5.41) is 5.50. The van der Waals surface area contributed by atoms with Crippen LogP contribution in [0.25, 0.3) is 10.9 Å². The van der Waals surface area contributed by atoms with Gasteiger partial charge in [0.05, 0.1) is 10.4 Å². The third-order valence-corrected chi connectivity index (χ3v) is 5.14. The van der Waals surface area contributed by atoms with Gasteiger partial charge in [-0.1, -0.05) is 30.3 Å². The number of fused-ring (bicyclic) bond motifs is 1. The van der Waals surface area contributed by atoms with E-state index in [0.29, 0.717) is 21.6 Å². The maximum atomic E-state index is 12.3. The van der Waals surface area contributed by atoms with Gasteiger partial charge in [0.25, 0.3) is 17.7 Å². The van der Waals surface area contributed by atoms with Crippen LogP contribution < -0.4 is 16.2 Å². The summed E-state index contributed by atoms with van der Waals surface area (Å²) in [6.07, 6.45) is 0. The summed E-state index contributed by atoms with van der Waals surface area (Å²) in [6.45, 7) is 0. The molecule has 8 heteroatoms. The van der Waals surface area contributed by atoms with Gasteiger partial charge in [-0.2, -0.15) is 0 Å². The Morgan fingerprint density at radius 3 is 2.27 bits per heavy atom. The number of nitrogens with zero attached hydrogens (tertiary/aromatic N) is 1. The fourth-order valence-electron chi connectivity index (χ4n) is 2.75. The highest BCUT2D eigenvalue weighted by atomic mass is 32.1. The molecule has 0 bridgehead atoms. The molecule has 0 atom stereocenters. The minimum absolute atomic E-state index is 0.195. The first-order valence-electron chi connectivity index (χ1n) is 9.01. The minimum atomic E-state index is -0.520. The van der Waals surface area contributed by atoms with Crippen molar-refractivity contribution in [3.63, 3.8) is 0 Å². The lowest BCUT2D eigenvalue weighted by Crippen LogP contribution is -2.41. The van der Waals surface area contributed by atoms with E-state index >= 15 is 0 Å². The number of benzene rings is 2. The maximum Gasteiger partial charge on any atom is 0.288 e. The molecule has 0 unspecified atom stereocenters. The highest BCUT2D eigenvalue weighted by molar-refractivity contribution is 7.12. The number of carbonyl (C=O) groups is 3. The number of hydrogen-bond acceptors (Lipinski definition) is 5. The Balaban J connectivity index is 1.35. The molecule has 2 aromatic heterocycles. The van der Waals surface area contributed by atoms with Crippen molar-refractivity contribution in [1.29, 1.82) is 0 Å². The second-order valence-corrected chi connectivity index (χ2v) is 7.25. The second-order valence-electron chi connectivity index (χ2n) is 6.31. The number of thiophene rings is 1. The average molecular weight is 416 g/mol. The molecule has 3 amide bonds. The zero-order chi connectivity index (χ0) is 20.9. The van der Waals surface area contributed by atoms with Gasteiger partial charge in [-0.15, -0.1) is 11.3 Å². The smallest absolute Gasteiger partial charge is 0.288 e. The lowest BCUT2D eigenvalue weighted by Gasteiger charge is -2.09. The van der Waals surface area contributed by atoms with Crippen molar-refractivity contribution < 1.29 is 14.4 Å². The fourth-order valence-corrected chi connectivity index (χ4v) is 3.37. The molecule has 0 spiro atoms. The Bertz CT molecular complexity index is 1220. The van der Waals surface area contributed by atoms with Gasteiger partial charge in [-0.25, -0.2) is 4.98 Å². The minimum Gasteiger partial charge on any atom is -0.321 e. The van der Waals surface area contributed by atoms with E-state index in [1.54, 1.807) is 48.5 Å². The highest BCUT2D eigenvalue weighted by Crippen LogP contribution is 2.14. The van der Waals surface area contributed by atoms with E-state index in [2.05, 4.69) is 21.2 Å². The van der Waals surface area contributed by atoms with Crippen LogP contribution in [-0.2, 0) is 0 Å². The van der Waals surface area contributed by atoms with Crippen LogP contribution in [0.1, 0.15) is 30.5 Å². The van der Waals surface area contributed by atoms with Crippen molar-refractivity contribution in [3.05, 3.63) is 94.3 Å². The third kappa shape index (κ3) is 4.34. The van der Waals surface area contributed by atoms with E-state index in [-0.39, 0.29) is 11.6 Å². The van der Waals surface area contributed by atoms with Gasteiger partial charge < -0.3 is 5.32 Å². The molecule has 4 aromatic rings. The van der Waals surface area contributed by atoms with E-state index in [4.69, 9.17) is 0 Å². The number of hydrogen-bond donors (Lipinski definition) is 3. The molecular weight excluding hydrogens is 400 g/mol. The molecule has 0 saturated carbocycles. The zero-order valence-corrected chi connectivity index (χ0v) is 16.4. The molecule has 0 radical (unpaired) electrons. The molecule has 4 rings (SSSR count). The quantitative estimate of drug-likeness (QED) is 0.442. The summed E-state index contributed by atoms with van der Waals surface area (Å²) in [4.78, 5) is 41.5. The summed E-state index contributed by atoms with van der Waals surface area (Å²) in [5.74, 6) is -1.22. The van der Waals surface area contributed by atoms with Crippen LogP contribution in [-0.4, -0.2) is 22.7 Å². The van der Waals surface area contributed by atoms with E-state index in [1.165, 1.54) is 11.3 Å². The molecule has 0 fully saturated rings. The van der Waals surface area contributed by atoms with Crippen molar-refractivity contribution in [2.45, 2.75) is 0 Å². The van der Waals surface area contributed by atoms with Crippen molar-refractivity contribution in [3.8, 4) is 0 Å². The third-order valence-electron chi connectivity index (χ3n) is 4.27. The number of hydrazine groups is 1. The van der Waals surface area contributed by atoms with Gasteiger partial charge in [0.15, 0.2) is 0 Å². The monoisotopic (exact) mass is 416 g/mol. The van der Waals surface area contributed by atoms with Crippen LogP contribution >= 0.6 is 11.3 Å². The average Bonchev–Trinajstić information content (AvgIpc) is 3.32. The molecule has 0 aliphatic heterocycles. The number of amides is 3. The molecule has 2 heterocycles. The summed E-state index contributed by atoms with van der Waals surface area (Å²) >= 11 is 1.34. The highest BCUT2D eigenvalue weighted by Gasteiger charge is 2.12. The zero-order valence-electron chi connectivity index (χ0n) is 15.6. The lowest BCUT2D eigenvalue weighted by atomic mass is 10.2. The van der Waals surface area contributed by atoms with Crippen molar-refractivity contribution in [2.24, 2.45) is 0 Å². The summed E-state index contributed by atoms with van der Waals surface area (Å²) in [7, 11) is 0. The Hall–Kier alpha value is -4.04. The predicted molar refractivity (Wildman–Crippen MR) is 115 cm³/mol. The summed E-state index contributed by atoms with van der Waals surface area (Å²) < 4.78 is 0. The van der Waals surface area contributed by atoms with Gasteiger partial charge in [0, 0.05) is 16.6 Å². The number of para-hydroxylation sites is 1. The van der Waals surface area contributed by atoms with Gasteiger partial charge in [-0.05, 0) is 47.8 Å². The van der Waals surface area contributed by atoms with E-state index in [1.807, 2.05) is 29.6 Å². The topological polar surface area (TPSA) is 100 Å². The van der Waals surface area contributed by atoms with E-state index in [9.17, 15) is 14.4 Å². The van der Waals surface area contributed by atoms with Crippen LogP contribution in [0.2, 0.25) is 0 Å². The predicted octanol–water partition coefficient (Wildman–Crippen LogP) is 3.62. The standard InChI is InChI=1S/C22H16N4O3S/c27-20(15-7-10-16(11-8-15)23-22(29)19-6-3-13-30-19)25-26-21(28)18-12-9-14-4-1-2-5-17(14)24-18/h1-13H,(H,23,29)(H,25,27)(H,26,28). The van der Waals surface area contributed by atoms with Crippen molar-refractivity contribution in [1.82, 2.24) is 15.8 Å². The van der Waals surface area contributed by atoms with E-state index < -0.39 is 11.8 Å². The first-order chi connectivity index (χ1) is 14.6. The largest absolute Gasteiger partial charge is 0.321 e. The first kappa shape index (κ1) is 19.3. The van der Waals surface area contributed by atoms with Crippen molar-refractivity contribution in [2.75, 3.05) is 5.32 Å². The molecule has 0 aliphatic rings. The van der Waals surface area contributed by atoms with Gasteiger partial charge >= 0.3 is 0 Å². The normalized spacial score (nSPS) is 10.4. The van der Waals surface area contributed by atoms with Crippen LogP contribution in [0, 0.1) is 0 Å². The summed E-state index contributed by atoms with van der Waals surface area (Å²) in [6, 6.07) is 20.7. The van der Waals surface area contributed by atoms with Gasteiger partial charge in [-0.3, -0.25) is 25.2 Å². The van der Waals surface area contributed by atoms with Crippen LogP contribution in [0.5, 0.6) is 0 Å². The number of carbonyl (C=O) groups excluding carboxylic acids is 3. The molecule has 2 aromatic carbocycles. The Kier molecular flexibility index (Phi) is 5.49. The number of rotatable bonds is 4. The fraction of sp³-hybridized carbons (Fsp3) is 0. The molecule has 0 aliphatic carbocycles. The number of pyridine rings is 1. The van der Waals surface area contributed by atoms with Gasteiger partial charge in [0.1, 0.15) is 5.69 Å². The molecule has 3 N–H and O–H groups in total. The number of nitrogens with one attached hydrogen (secondary N) is 3. The van der Waals surface area contributed by atoms with Crippen LogP contribution in [0.15, 0.2) is 78.2 Å². The van der Waals surface area contributed by atoms with Crippen LogP contribution in [0.4, 0.5) is 5.69 Å². The Morgan fingerprint density at radius 2 is 1.50 bits per heavy atom. The summed E-state index contributed by atoms with van der Waals surface area (Å²) in [5.41, 5.74) is 6.50. The van der Waals surface area contributed by atoms with E-state index in [0.717, 1.165) is 5.39 Å². The number of aromatic nitrogens is 1. The van der Waals surface area contributed by atoms with Gasteiger partial charge in [0.2, 0.25) is 0 Å². The Labute approximate surface area is 175 Å². The second kappa shape index (κ2) is 8.54. The lowest BCUT2D eigenvalue weighted by molar-refractivity contribution is 0.0844. The van der Waals surface area contributed by atoms with Crippen LogP contribution in [0.3, 0.4) is 0 Å². The Morgan fingerprint density at radius 1 is 0.733 bits per heavy atom. The molecule has 7 nitrogen and oxygen atoms in total. The molecule has 0 saturated heterocycles. The number of anilines is 1. The maximum absolute atomic E-state index is 12.3. The molecular formula is C22H16N4O3S. The molecule has 148 valence electrons. The first-order valence-corrected chi connectivity index (χ1v) is 9.89. The molecule has 30 heavy (non-hydrogen) atoms.